The molecule has 0 bridgehead atoms. The van der Waals surface area contributed by atoms with Crippen LogP contribution >= 0.6 is 0 Å². The Morgan fingerprint density at radius 1 is 1.24 bits per heavy atom. The number of carbonyl (C=O) groups is 2. The molecule has 0 saturated carbocycles. The van der Waals surface area contributed by atoms with Gasteiger partial charge < -0.3 is 15.6 Å². The van der Waals surface area contributed by atoms with E-state index in [2.05, 4.69) is 5.10 Å². The van der Waals surface area contributed by atoms with Crippen LogP contribution in [0.5, 0.6) is 0 Å². The number of anilines is 1. The molecule has 0 fully saturated rings. The number of hydrogen-bond donors (Lipinski definition) is 2. The van der Waals surface area contributed by atoms with E-state index in [0.717, 1.165) is 0 Å². The Morgan fingerprint density at radius 2 is 1.95 bits per heavy atom. The molecular weight excluding hydrogens is 274 g/mol. The van der Waals surface area contributed by atoms with Crippen LogP contribution in [0.4, 0.5) is 5.82 Å². The minimum absolute atomic E-state index is 0.0268. The van der Waals surface area contributed by atoms with Crippen LogP contribution < -0.4 is 5.73 Å². The number of nitrogens with zero attached hydrogens (tertiary/aromatic N) is 2. The van der Waals surface area contributed by atoms with Crippen LogP contribution in [0, 0.1) is 0 Å². The fourth-order valence-electron chi connectivity index (χ4n) is 1.84. The van der Waals surface area contributed by atoms with E-state index in [4.69, 9.17) is 15.6 Å². The summed E-state index contributed by atoms with van der Waals surface area (Å²) in [6.07, 6.45) is 1.47. The molecular formula is C14H15N3O4. The summed E-state index contributed by atoms with van der Waals surface area (Å²) >= 11 is 0. The van der Waals surface area contributed by atoms with Crippen LogP contribution in [-0.2, 0) is 33.9 Å². The van der Waals surface area contributed by atoms with Gasteiger partial charge >= 0.3 is 11.9 Å². The third-order valence-electron chi connectivity index (χ3n) is 2.80. The smallest absolute Gasteiger partial charge is 0.328 e. The van der Waals surface area contributed by atoms with Gasteiger partial charge in [0, 0.05) is 6.20 Å². The highest BCUT2D eigenvalue weighted by atomic mass is 16.5. The number of nitrogen functional groups attached to an aromatic ring is 1. The lowest BCUT2D eigenvalue weighted by Crippen LogP contribution is -2.15. The van der Waals surface area contributed by atoms with E-state index in [1.165, 1.54) is 4.68 Å². The molecule has 1 aromatic carbocycles. The van der Waals surface area contributed by atoms with E-state index in [0.29, 0.717) is 16.9 Å². The number of rotatable bonds is 6. The number of carboxylic acids is 1. The van der Waals surface area contributed by atoms with Gasteiger partial charge in [0.1, 0.15) is 19.0 Å². The van der Waals surface area contributed by atoms with Gasteiger partial charge in [-0.3, -0.25) is 14.3 Å². The minimum atomic E-state index is -0.930. The first-order chi connectivity index (χ1) is 10.0. The average Bonchev–Trinajstić information content (AvgIpc) is 2.82. The Labute approximate surface area is 120 Å². The molecule has 3 N–H and O–H groups in total. The molecule has 0 aliphatic heterocycles. The van der Waals surface area contributed by atoms with Crippen LogP contribution in [0.3, 0.4) is 0 Å². The van der Waals surface area contributed by atoms with Crippen molar-refractivity contribution in [2.75, 3.05) is 5.73 Å². The van der Waals surface area contributed by atoms with Crippen molar-refractivity contribution in [2.45, 2.75) is 19.6 Å². The highest BCUT2D eigenvalue weighted by Crippen LogP contribution is 2.11. The molecule has 0 aliphatic rings. The molecule has 2 rings (SSSR count). The van der Waals surface area contributed by atoms with E-state index in [-0.39, 0.29) is 19.6 Å². The molecule has 1 aromatic heterocycles. The van der Waals surface area contributed by atoms with Gasteiger partial charge in [0.25, 0.3) is 0 Å². The Morgan fingerprint density at radius 3 is 2.57 bits per heavy atom. The van der Waals surface area contributed by atoms with Crippen LogP contribution in [0.15, 0.2) is 36.5 Å². The maximum atomic E-state index is 11.7. The number of hydrogen-bond acceptors (Lipinski definition) is 5. The third-order valence-corrected chi connectivity index (χ3v) is 2.80. The maximum absolute atomic E-state index is 11.7. The Bertz CT molecular complexity index is 651. The quantitative estimate of drug-likeness (QED) is 0.763. The summed E-state index contributed by atoms with van der Waals surface area (Å²) in [7, 11) is 0. The number of benzene rings is 1. The molecule has 0 aliphatic carbocycles. The zero-order chi connectivity index (χ0) is 15.2. The van der Waals surface area contributed by atoms with Crippen molar-refractivity contribution >= 4 is 17.8 Å². The largest absolute Gasteiger partial charge is 0.481 e. The van der Waals surface area contributed by atoms with Gasteiger partial charge in [0.15, 0.2) is 0 Å². The fraction of sp³-hybridized carbons (Fsp3) is 0.214. The topological polar surface area (TPSA) is 107 Å². The Kier molecular flexibility index (Phi) is 4.55. The van der Waals surface area contributed by atoms with Crippen molar-refractivity contribution in [3.05, 3.63) is 47.7 Å². The second-order valence-electron chi connectivity index (χ2n) is 4.44. The van der Waals surface area contributed by atoms with E-state index < -0.39 is 11.9 Å². The normalized spacial score (nSPS) is 10.3. The predicted molar refractivity (Wildman–Crippen MR) is 74.2 cm³/mol. The number of ether oxygens (including phenoxy) is 1. The molecule has 110 valence electrons. The molecule has 0 saturated heterocycles. The summed E-state index contributed by atoms with van der Waals surface area (Å²) in [6.45, 7) is -0.0165. The summed E-state index contributed by atoms with van der Waals surface area (Å²) in [5.74, 6) is -1.07. The zero-order valence-electron chi connectivity index (χ0n) is 11.2. The maximum Gasteiger partial charge on any atom is 0.328 e. The van der Waals surface area contributed by atoms with Gasteiger partial charge in [-0.2, -0.15) is 5.10 Å². The van der Waals surface area contributed by atoms with E-state index in [1.807, 2.05) is 0 Å². The van der Waals surface area contributed by atoms with Crippen molar-refractivity contribution in [1.82, 2.24) is 9.78 Å². The molecule has 7 nitrogen and oxygen atoms in total. The first-order valence-corrected chi connectivity index (χ1v) is 6.27. The van der Waals surface area contributed by atoms with Crippen molar-refractivity contribution in [3.63, 3.8) is 0 Å². The van der Waals surface area contributed by atoms with Crippen LogP contribution in [0.25, 0.3) is 0 Å². The molecule has 2 aromatic rings. The van der Waals surface area contributed by atoms with E-state index >= 15 is 0 Å². The van der Waals surface area contributed by atoms with Gasteiger partial charge in [0.05, 0.1) is 6.42 Å². The SMILES string of the molecule is Nc1ccn(CC(=O)OCc2ccccc2CC(=O)O)n1. The molecule has 0 unspecified atom stereocenters. The lowest BCUT2D eigenvalue weighted by atomic mass is 10.1. The first-order valence-electron chi connectivity index (χ1n) is 6.27. The fourth-order valence-corrected chi connectivity index (χ4v) is 1.84. The molecule has 1 heterocycles. The molecule has 0 spiro atoms. The van der Waals surface area contributed by atoms with Gasteiger partial charge in [0.2, 0.25) is 0 Å². The van der Waals surface area contributed by atoms with E-state index in [9.17, 15) is 9.59 Å². The van der Waals surface area contributed by atoms with Gasteiger partial charge in [-0.25, -0.2) is 0 Å². The van der Waals surface area contributed by atoms with Gasteiger partial charge in [-0.1, -0.05) is 24.3 Å². The lowest BCUT2D eigenvalue weighted by Gasteiger charge is -2.09. The average molecular weight is 289 g/mol. The number of nitrogens with two attached hydrogens (primary N) is 1. The minimum Gasteiger partial charge on any atom is -0.481 e. The standard InChI is InChI=1S/C14H15N3O4/c15-12-5-6-17(16-12)8-14(20)21-9-11-4-2-1-3-10(11)7-13(18)19/h1-6H,7-9H2,(H2,15,16)(H,18,19). The third kappa shape index (κ3) is 4.34. The van der Waals surface area contributed by atoms with Gasteiger partial charge in [-0.15, -0.1) is 0 Å². The number of carboxylic acid groups (broad SMARTS) is 1. The molecule has 0 radical (unpaired) electrons. The summed E-state index contributed by atoms with van der Waals surface area (Å²) < 4.78 is 6.51. The van der Waals surface area contributed by atoms with Crippen LogP contribution in [-0.4, -0.2) is 26.8 Å². The van der Waals surface area contributed by atoms with E-state index in [1.54, 1.807) is 36.5 Å². The zero-order valence-corrected chi connectivity index (χ0v) is 11.2. The summed E-state index contributed by atoms with van der Waals surface area (Å²) in [6, 6.07) is 8.53. The second-order valence-corrected chi connectivity index (χ2v) is 4.44. The Hall–Kier alpha value is -2.83. The highest BCUT2D eigenvalue weighted by molar-refractivity contribution is 5.71. The highest BCUT2D eigenvalue weighted by Gasteiger charge is 2.10. The summed E-state index contributed by atoms with van der Waals surface area (Å²) in [5.41, 5.74) is 6.75. The number of carbonyl (C=O) groups excluding carboxylic acids is 1. The molecule has 21 heavy (non-hydrogen) atoms. The van der Waals surface area contributed by atoms with Crippen LogP contribution in [0.2, 0.25) is 0 Å². The van der Waals surface area contributed by atoms with Crippen molar-refractivity contribution in [1.29, 1.82) is 0 Å². The Balaban J connectivity index is 1.93. The van der Waals surface area contributed by atoms with Crippen molar-refractivity contribution in [3.8, 4) is 0 Å². The monoisotopic (exact) mass is 289 g/mol. The predicted octanol–water partition coefficient (Wildman–Crippen LogP) is 0.836. The lowest BCUT2D eigenvalue weighted by molar-refractivity contribution is -0.145. The number of aromatic nitrogens is 2. The molecule has 0 amide bonds. The number of aliphatic carboxylic acids is 1. The van der Waals surface area contributed by atoms with Crippen LogP contribution in [0.1, 0.15) is 11.1 Å². The van der Waals surface area contributed by atoms with Crippen molar-refractivity contribution in [2.24, 2.45) is 0 Å². The number of esters is 1. The second kappa shape index (κ2) is 6.56. The molecule has 0 atom stereocenters. The van der Waals surface area contributed by atoms with Gasteiger partial charge in [-0.05, 0) is 17.2 Å². The summed E-state index contributed by atoms with van der Waals surface area (Å²) in [5, 5.41) is 12.7. The summed E-state index contributed by atoms with van der Waals surface area (Å²) in [4.78, 5) is 22.5. The molecule has 7 heteroatoms. The first kappa shape index (κ1) is 14.6. The van der Waals surface area contributed by atoms with Crippen molar-refractivity contribution < 1.29 is 19.4 Å².